The van der Waals surface area contributed by atoms with Crippen LogP contribution in [0.1, 0.15) is 254 Å². The van der Waals surface area contributed by atoms with E-state index in [1.807, 2.05) is 6.92 Å². The van der Waals surface area contributed by atoms with E-state index in [4.69, 9.17) is 9.47 Å². The maximum atomic E-state index is 13.2. The molecule has 0 amide bonds. The van der Waals surface area contributed by atoms with Crippen molar-refractivity contribution in [2.24, 2.45) is 80.8 Å². The van der Waals surface area contributed by atoms with Crippen LogP contribution in [0.4, 0.5) is 0 Å². The fraction of sp³-hybridized carbons (Fsp3) is 0.894. The molecular weight excluding hydrogens is 903 g/mol. The minimum Gasteiger partial charge on any atom is -0.462 e. The largest absolute Gasteiger partial charge is 0.462 e. The van der Waals surface area contributed by atoms with E-state index in [1.165, 1.54) is 77.0 Å². The van der Waals surface area contributed by atoms with Gasteiger partial charge in [-0.05, 0) is 230 Å². The average molecular weight is 1010 g/mol. The quantitative estimate of drug-likeness (QED) is 0.0524. The number of nitrogens with zero attached hydrogens (tertiary/aromatic N) is 1. The predicted octanol–water partition coefficient (Wildman–Crippen LogP) is 16.0. The van der Waals surface area contributed by atoms with Gasteiger partial charge in [0.1, 0.15) is 18.0 Å². The van der Waals surface area contributed by atoms with Crippen molar-refractivity contribution in [1.82, 2.24) is 4.90 Å². The number of rotatable bonds is 26. The smallest absolute Gasteiger partial charge is 0.306 e. The van der Waals surface area contributed by atoms with E-state index in [0.29, 0.717) is 41.8 Å². The van der Waals surface area contributed by atoms with Crippen LogP contribution in [0.25, 0.3) is 0 Å². The van der Waals surface area contributed by atoms with Gasteiger partial charge < -0.3 is 19.5 Å². The second-order valence-corrected chi connectivity index (χ2v) is 28.1. The van der Waals surface area contributed by atoms with E-state index in [0.717, 1.165) is 164 Å². The number of unbranched alkanes of at least 4 members (excludes halogenated alkanes) is 7. The van der Waals surface area contributed by atoms with Crippen molar-refractivity contribution >= 4 is 17.7 Å². The molecule has 0 aromatic heterocycles. The normalized spacial score (nSPS) is 38.0. The highest BCUT2D eigenvalue weighted by Crippen LogP contribution is 2.69. The van der Waals surface area contributed by atoms with Crippen LogP contribution in [-0.4, -0.2) is 66.2 Å². The van der Waals surface area contributed by atoms with Crippen molar-refractivity contribution in [3.63, 3.8) is 0 Å². The Kier molecular flexibility index (Phi) is 19.7. The van der Waals surface area contributed by atoms with Gasteiger partial charge in [0.25, 0.3) is 0 Å². The summed E-state index contributed by atoms with van der Waals surface area (Å²) in [5.41, 5.74) is 4.36. The summed E-state index contributed by atoms with van der Waals surface area (Å²) >= 11 is 0. The lowest BCUT2D eigenvalue weighted by atomic mass is 9.47. The molecule has 15 unspecified atom stereocenters. The Bertz CT molecular complexity index is 1910. The van der Waals surface area contributed by atoms with E-state index >= 15 is 0 Å². The molecule has 8 aliphatic rings. The minimum atomic E-state index is -0.0194. The Morgan fingerprint density at radius 1 is 0.575 bits per heavy atom. The zero-order valence-corrected chi connectivity index (χ0v) is 48.3. The van der Waals surface area contributed by atoms with Gasteiger partial charge in [0, 0.05) is 38.2 Å². The van der Waals surface area contributed by atoms with Gasteiger partial charge in [-0.25, -0.2) is 0 Å². The third kappa shape index (κ3) is 12.8. The molecule has 7 heteroatoms. The van der Waals surface area contributed by atoms with Crippen LogP contribution < -0.4 is 0 Å². The monoisotopic (exact) mass is 1010 g/mol. The third-order valence-electron chi connectivity index (χ3n) is 23.5. The fourth-order valence-corrected chi connectivity index (χ4v) is 19.3. The number of carbonyl (C=O) groups is 3. The van der Waals surface area contributed by atoms with Crippen molar-refractivity contribution in [2.75, 3.05) is 26.2 Å². The maximum Gasteiger partial charge on any atom is 0.306 e. The SMILES string of the molecule is CC(=O)C1CCC2C3CC=C4CC(OC(=O)CCCCCCN(CCCCO)CCCCCCC(=O)OC5CCC6(C)C(=CCC7C6CCC6(C)C(C(C)CCCC(C)C)CCC76)C5)CCC4(C)C3CCC12C. The predicted molar refractivity (Wildman–Crippen MR) is 298 cm³/mol. The first-order valence-electron chi connectivity index (χ1n) is 31.6. The number of carbonyl (C=O) groups excluding carboxylic acids is 3. The number of esters is 2. The van der Waals surface area contributed by atoms with E-state index in [-0.39, 0.29) is 52.9 Å². The number of hydrogen-bond acceptors (Lipinski definition) is 7. The Morgan fingerprint density at radius 3 is 1.59 bits per heavy atom. The van der Waals surface area contributed by atoms with Gasteiger partial charge in [0.2, 0.25) is 0 Å². The molecule has 0 aliphatic heterocycles. The first kappa shape index (κ1) is 57.2. The molecule has 0 heterocycles. The minimum absolute atomic E-state index is 0.00789. The summed E-state index contributed by atoms with van der Waals surface area (Å²) in [7, 11) is 0. The topological polar surface area (TPSA) is 93.1 Å². The summed E-state index contributed by atoms with van der Waals surface area (Å²) < 4.78 is 12.4. The lowest BCUT2D eigenvalue weighted by molar-refractivity contribution is -0.152. The van der Waals surface area contributed by atoms with Gasteiger partial charge in [0.15, 0.2) is 0 Å². The van der Waals surface area contributed by atoms with Crippen LogP contribution in [0.2, 0.25) is 0 Å². The highest BCUT2D eigenvalue weighted by molar-refractivity contribution is 5.79. The number of hydrogen-bond donors (Lipinski definition) is 1. The molecule has 0 spiro atoms. The van der Waals surface area contributed by atoms with Gasteiger partial charge in [0.05, 0.1) is 0 Å². The lowest BCUT2D eigenvalue weighted by Gasteiger charge is -2.58. The van der Waals surface area contributed by atoms with Gasteiger partial charge in [-0.3, -0.25) is 14.4 Å². The average Bonchev–Trinajstić information content (AvgIpc) is 3.90. The summed E-state index contributed by atoms with van der Waals surface area (Å²) in [6, 6.07) is 0. The van der Waals surface area contributed by atoms with Gasteiger partial charge >= 0.3 is 11.9 Å². The van der Waals surface area contributed by atoms with Gasteiger partial charge in [-0.1, -0.05) is 117 Å². The molecule has 0 bridgehead atoms. The molecule has 6 saturated carbocycles. The molecule has 15 atom stereocenters. The number of allylic oxidation sites excluding steroid dienone is 2. The molecule has 7 nitrogen and oxygen atoms in total. The number of fused-ring (bicyclic) bond motifs is 10. The first-order chi connectivity index (χ1) is 35.0. The summed E-state index contributed by atoms with van der Waals surface area (Å²) in [6.07, 6.45) is 39.7. The number of ketones is 1. The van der Waals surface area contributed by atoms with Crippen molar-refractivity contribution in [3.05, 3.63) is 23.3 Å². The first-order valence-corrected chi connectivity index (χ1v) is 31.6. The van der Waals surface area contributed by atoms with E-state index < -0.39 is 0 Å². The number of aliphatic hydroxyl groups excluding tert-OH is 1. The fourth-order valence-electron chi connectivity index (χ4n) is 19.3. The standard InChI is InChI=1S/C66H109NO6/c1-46(2)20-19-21-47(3)55-28-30-57-53-26-24-49-44-51(32-36-63(49,5)59(53)34-38-65(55,57)7)72-61(70)22-13-9-11-15-40-67(42-17-18-43-68)41-16-12-10-14-23-62(71)73-52-33-37-64(6)50(45-52)25-27-54-58-31-29-56(48(4)69)66(58,8)39-35-60(54)64/h24-25,46-47,51-60,68H,9-23,26-45H2,1-8H3. The lowest BCUT2D eigenvalue weighted by Crippen LogP contribution is -2.51. The van der Waals surface area contributed by atoms with Crippen LogP contribution >= 0.6 is 0 Å². The van der Waals surface area contributed by atoms with Crippen molar-refractivity contribution in [1.29, 1.82) is 0 Å². The third-order valence-corrected chi connectivity index (χ3v) is 23.5. The summed E-state index contributed by atoms with van der Waals surface area (Å²) in [4.78, 5) is 41.4. The van der Waals surface area contributed by atoms with E-state index in [1.54, 1.807) is 11.1 Å². The molecule has 0 saturated heterocycles. The Labute approximate surface area is 446 Å². The number of ether oxygens (including phenoxy) is 2. The molecule has 0 radical (unpaired) electrons. The van der Waals surface area contributed by atoms with Crippen molar-refractivity contribution in [3.8, 4) is 0 Å². The highest BCUT2D eigenvalue weighted by atomic mass is 16.5. The molecule has 6 fully saturated rings. The summed E-state index contributed by atoms with van der Waals surface area (Å²) in [5.74, 6) is 7.78. The van der Waals surface area contributed by atoms with Crippen molar-refractivity contribution < 1.29 is 29.0 Å². The second-order valence-electron chi connectivity index (χ2n) is 28.1. The van der Waals surface area contributed by atoms with E-state index in [2.05, 4.69) is 65.5 Å². The molecule has 414 valence electrons. The number of Topliss-reactive ketones (excluding diaryl/α,β-unsaturated/α-hetero) is 1. The van der Waals surface area contributed by atoms with Crippen molar-refractivity contribution in [2.45, 2.75) is 267 Å². The molecule has 1 N–H and O–H groups in total. The molecule has 0 aromatic carbocycles. The Hall–Kier alpha value is -1.99. The number of aliphatic hydroxyl groups is 1. The van der Waals surface area contributed by atoms with Crippen LogP contribution in [-0.2, 0) is 23.9 Å². The highest BCUT2D eigenvalue weighted by Gasteiger charge is 2.61. The molecule has 8 rings (SSSR count). The van der Waals surface area contributed by atoms with Gasteiger partial charge in [-0.15, -0.1) is 0 Å². The van der Waals surface area contributed by atoms with Crippen LogP contribution in [0, 0.1) is 80.8 Å². The Balaban J connectivity index is 0.678. The maximum absolute atomic E-state index is 13.2. The second kappa shape index (κ2) is 25.2. The van der Waals surface area contributed by atoms with Crippen LogP contribution in [0.5, 0.6) is 0 Å². The molecule has 73 heavy (non-hydrogen) atoms. The summed E-state index contributed by atoms with van der Waals surface area (Å²) in [6.45, 7) is 22.8. The van der Waals surface area contributed by atoms with Gasteiger partial charge in [-0.2, -0.15) is 0 Å². The summed E-state index contributed by atoms with van der Waals surface area (Å²) in [5, 5.41) is 9.46. The van der Waals surface area contributed by atoms with E-state index in [9.17, 15) is 19.5 Å². The zero-order chi connectivity index (χ0) is 52.0. The molecule has 8 aliphatic carbocycles. The zero-order valence-electron chi connectivity index (χ0n) is 48.3. The molecule has 0 aromatic rings. The van der Waals surface area contributed by atoms with Crippen LogP contribution in [0.3, 0.4) is 0 Å². The molecular formula is C66H109NO6. The van der Waals surface area contributed by atoms with Crippen LogP contribution in [0.15, 0.2) is 23.3 Å². The Morgan fingerprint density at radius 2 is 1.07 bits per heavy atom.